The molecular weight excluding hydrogens is 336 g/mol. The molecule has 110 valence electrons. The third-order valence-electron chi connectivity index (χ3n) is 2.94. The van der Waals surface area contributed by atoms with Gasteiger partial charge in [0.25, 0.3) is 5.91 Å². The van der Waals surface area contributed by atoms with Crippen molar-refractivity contribution in [3.63, 3.8) is 0 Å². The molecule has 0 aliphatic heterocycles. The van der Waals surface area contributed by atoms with E-state index in [1.807, 2.05) is 0 Å². The van der Waals surface area contributed by atoms with Gasteiger partial charge in [0.15, 0.2) is 0 Å². The lowest BCUT2D eigenvalue weighted by Gasteiger charge is -2.19. The quantitative estimate of drug-likeness (QED) is 0.761. The van der Waals surface area contributed by atoms with Crippen LogP contribution in [0.5, 0.6) is 0 Å². The molecule has 2 nitrogen and oxygen atoms in total. The van der Waals surface area contributed by atoms with Gasteiger partial charge >= 0.3 is 0 Å². The minimum Gasteiger partial charge on any atom is -0.337 e. The van der Waals surface area contributed by atoms with Crippen molar-refractivity contribution in [2.45, 2.75) is 6.54 Å². The van der Waals surface area contributed by atoms with E-state index in [0.29, 0.717) is 20.6 Å². The predicted octanol–water partition coefficient (Wildman–Crippen LogP) is 5.06. The SMILES string of the molecule is CN(Cc1cccc(Cl)c1Cl)C(=O)c1cc(Cl)ccc1F. The van der Waals surface area contributed by atoms with Gasteiger partial charge < -0.3 is 4.90 Å². The molecule has 0 fully saturated rings. The van der Waals surface area contributed by atoms with Crippen LogP contribution in [-0.4, -0.2) is 17.9 Å². The summed E-state index contributed by atoms with van der Waals surface area (Å²) in [5.74, 6) is -1.10. The number of nitrogens with zero attached hydrogens (tertiary/aromatic N) is 1. The van der Waals surface area contributed by atoms with E-state index < -0.39 is 11.7 Å². The Morgan fingerprint density at radius 3 is 2.62 bits per heavy atom. The molecule has 0 radical (unpaired) electrons. The highest BCUT2D eigenvalue weighted by Gasteiger charge is 2.18. The number of hydrogen-bond donors (Lipinski definition) is 0. The smallest absolute Gasteiger partial charge is 0.256 e. The van der Waals surface area contributed by atoms with E-state index in [2.05, 4.69) is 0 Å². The summed E-state index contributed by atoms with van der Waals surface area (Å²) in [7, 11) is 1.56. The van der Waals surface area contributed by atoms with Crippen LogP contribution in [0.25, 0.3) is 0 Å². The van der Waals surface area contributed by atoms with Crippen molar-refractivity contribution in [3.05, 3.63) is 68.4 Å². The molecule has 0 saturated heterocycles. The second kappa shape index (κ2) is 6.65. The summed E-state index contributed by atoms with van der Waals surface area (Å²) in [6.07, 6.45) is 0. The molecule has 0 heterocycles. The Hall–Kier alpha value is -1.29. The summed E-state index contributed by atoms with van der Waals surface area (Å²) in [6, 6.07) is 9.01. The fraction of sp³-hybridized carbons (Fsp3) is 0.133. The van der Waals surface area contributed by atoms with Gasteiger partial charge in [-0.25, -0.2) is 4.39 Å². The van der Waals surface area contributed by atoms with Crippen molar-refractivity contribution in [2.75, 3.05) is 7.05 Å². The fourth-order valence-corrected chi connectivity index (χ4v) is 2.42. The maximum absolute atomic E-state index is 13.7. The van der Waals surface area contributed by atoms with Crippen LogP contribution < -0.4 is 0 Å². The van der Waals surface area contributed by atoms with Crippen molar-refractivity contribution in [1.29, 1.82) is 0 Å². The van der Waals surface area contributed by atoms with Gasteiger partial charge in [0, 0.05) is 18.6 Å². The van der Waals surface area contributed by atoms with E-state index in [0.717, 1.165) is 6.07 Å². The number of rotatable bonds is 3. The van der Waals surface area contributed by atoms with E-state index >= 15 is 0 Å². The van der Waals surface area contributed by atoms with Gasteiger partial charge in [-0.15, -0.1) is 0 Å². The van der Waals surface area contributed by atoms with Gasteiger partial charge in [-0.2, -0.15) is 0 Å². The number of amides is 1. The number of benzene rings is 2. The van der Waals surface area contributed by atoms with Crippen LogP contribution in [0.2, 0.25) is 15.1 Å². The maximum atomic E-state index is 13.7. The molecule has 2 aromatic rings. The molecule has 1 amide bonds. The average Bonchev–Trinajstić information content (AvgIpc) is 2.45. The Kier molecular flexibility index (Phi) is 5.09. The summed E-state index contributed by atoms with van der Waals surface area (Å²) >= 11 is 17.8. The minimum absolute atomic E-state index is 0.0804. The van der Waals surface area contributed by atoms with Gasteiger partial charge in [-0.05, 0) is 29.8 Å². The van der Waals surface area contributed by atoms with Gasteiger partial charge in [0.05, 0.1) is 15.6 Å². The van der Waals surface area contributed by atoms with Crippen molar-refractivity contribution in [1.82, 2.24) is 4.90 Å². The predicted molar refractivity (Wildman–Crippen MR) is 83.7 cm³/mol. The Morgan fingerprint density at radius 2 is 1.90 bits per heavy atom. The molecule has 6 heteroatoms. The first kappa shape index (κ1) is 16.1. The van der Waals surface area contributed by atoms with Crippen LogP contribution in [0.15, 0.2) is 36.4 Å². The second-order valence-electron chi connectivity index (χ2n) is 4.50. The average molecular weight is 347 g/mol. The zero-order valence-corrected chi connectivity index (χ0v) is 13.3. The molecule has 21 heavy (non-hydrogen) atoms. The van der Waals surface area contributed by atoms with Crippen LogP contribution in [0.1, 0.15) is 15.9 Å². The first-order valence-corrected chi connectivity index (χ1v) is 7.17. The second-order valence-corrected chi connectivity index (χ2v) is 5.72. The molecule has 2 aromatic carbocycles. The Bertz CT molecular complexity index is 691. The molecule has 0 saturated carbocycles. The fourth-order valence-electron chi connectivity index (χ4n) is 1.86. The van der Waals surface area contributed by atoms with Gasteiger partial charge in [-0.3, -0.25) is 4.79 Å². The van der Waals surface area contributed by atoms with Crippen LogP contribution in [-0.2, 0) is 6.54 Å². The Labute approximate surface area is 137 Å². The lowest BCUT2D eigenvalue weighted by Crippen LogP contribution is -2.27. The molecular formula is C15H11Cl3FNO. The number of carbonyl (C=O) groups is 1. The van der Waals surface area contributed by atoms with Crippen molar-refractivity contribution in [2.24, 2.45) is 0 Å². The molecule has 0 aliphatic rings. The largest absolute Gasteiger partial charge is 0.337 e. The lowest BCUT2D eigenvalue weighted by atomic mass is 10.1. The van der Waals surface area contributed by atoms with E-state index in [1.165, 1.54) is 17.0 Å². The number of carbonyl (C=O) groups excluding carboxylic acids is 1. The van der Waals surface area contributed by atoms with E-state index in [-0.39, 0.29) is 12.1 Å². The lowest BCUT2D eigenvalue weighted by molar-refractivity contribution is 0.0780. The van der Waals surface area contributed by atoms with Gasteiger partial charge in [0.2, 0.25) is 0 Å². The summed E-state index contributed by atoms with van der Waals surface area (Å²) < 4.78 is 13.7. The summed E-state index contributed by atoms with van der Waals surface area (Å²) in [4.78, 5) is 13.6. The molecule has 0 unspecified atom stereocenters. The van der Waals surface area contributed by atoms with E-state index in [4.69, 9.17) is 34.8 Å². The zero-order chi connectivity index (χ0) is 15.6. The number of halogens is 4. The van der Waals surface area contributed by atoms with Gasteiger partial charge in [-0.1, -0.05) is 46.9 Å². The highest BCUT2D eigenvalue weighted by atomic mass is 35.5. The molecule has 0 N–H and O–H groups in total. The third kappa shape index (κ3) is 3.67. The summed E-state index contributed by atoms with van der Waals surface area (Å²) in [5.41, 5.74) is 0.602. The summed E-state index contributed by atoms with van der Waals surface area (Å²) in [5, 5.41) is 1.09. The first-order valence-electron chi connectivity index (χ1n) is 6.03. The van der Waals surface area contributed by atoms with E-state index in [9.17, 15) is 9.18 Å². The highest BCUT2D eigenvalue weighted by molar-refractivity contribution is 6.42. The molecule has 0 bridgehead atoms. The van der Waals surface area contributed by atoms with Crippen LogP contribution in [0, 0.1) is 5.82 Å². The van der Waals surface area contributed by atoms with Crippen molar-refractivity contribution in [3.8, 4) is 0 Å². The first-order chi connectivity index (χ1) is 9.90. The molecule has 0 atom stereocenters. The molecule has 2 rings (SSSR count). The third-order valence-corrected chi connectivity index (χ3v) is 4.04. The topological polar surface area (TPSA) is 20.3 Å². The summed E-state index contributed by atoms with van der Waals surface area (Å²) in [6.45, 7) is 0.212. The Balaban J connectivity index is 2.24. The van der Waals surface area contributed by atoms with Crippen molar-refractivity contribution < 1.29 is 9.18 Å². The number of hydrogen-bond acceptors (Lipinski definition) is 1. The van der Waals surface area contributed by atoms with Crippen LogP contribution >= 0.6 is 34.8 Å². The molecule has 0 aromatic heterocycles. The van der Waals surface area contributed by atoms with E-state index in [1.54, 1.807) is 25.2 Å². The van der Waals surface area contributed by atoms with Gasteiger partial charge in [0.1, 0.15) is 5.82 Å². The molecule has 0 spiro atoms. The maximum Gasteiger partial charge on any atom is 0.256 e. The van der Waals surface area contributed by atoms with Crippen molar-refractivity contribution >= 4 is 40.7 Å². The molecule has 0 aliphatic carbocycles. The monoisotopic (exact) mass is 345 g/mol. The normalized spacial score (nSPS) is 10.5. The highest BCUT2D eigenvalue weighted by Crippen LogP contribution is 2.27. The minimum atomic E-state index is -0.617. The zero-order valence-electron chi connectivity index (χ0n) is 11.0. The van der Waals surface area contributed by atoms with Crippen LogP contribution in [0.3, 0.4) is 0 Å². The van der Waals surface area contributed by atoms with Crippen LogP contribution in [0.4, 0.5) is 4.39 Å². The standard InChI is InChI=1S/C15H11Cl3FNO/c1-20(8-9-3-2-4-12(17)14(9)18)15(21)11-7-10(16)5-6-13(11)19/h2-7H,8H2,1H3. The Morgan fingerprint density at radius 1 is 1.19 bits per heavy atom.